The lowest BCUT2D eigenvalue weighted by Crippen LogP contribution is -3.00. The van der Waals surface area contributed by atoms with Crippen LogP contribution in [0.4, 0.5) is 0 Å². The molecule has 0 aromatic carbocycles. The number of hydrogen-bond acceptors (Lipinski definition) is 0. The first kappa shape index (κ1) is 14.4. The van der Waals surface area contributed by atoms with E-state index in [-0.39, 0.29) is 4.70 Å². The third-order valence-corrected chi connectivity index (χ3v) is 3.26. The van der Waals surface area contributed by atoms with Crippen molar-refractivity contribution in [2.24, 2.45) is 5.92 Å². The summed E-state index contributed by atoms with van der Waals surface area (Å²) in [5, 5.41) is 0. The Bertz CT molecular complexity index is 96.0. The van der Waals surface area contributed by atoms with Gasteiger partial charge in [0.1, 0.15) is 0 Å². The van der Waals surface area contributed by atoms with Gasteiger partial charge in [-0.2, -0.15) is 0 Å². The maximum absolute atomic E-state index is 4.35. The van der Waals surface area contributed by atoms with Crippen molar-refractivity contribution < 1.29 is 10.4 Å². The van der Waals surface area contributed by atoms with E-state index in [9.17, 15) is 0 Å². The molecule has 0 saturated carbocycles. The first-order chi connectivity index (χ1) is 5.14. The SMILES string of the molecule is CCC(CC)C([NH3+])(CC)CC.[F-]. The summed E-state index contributed by atoms with van der Waals surface area (Å²) < 4.78 is 0. The largest absolute Gasteiger partial charge is 1.00 e. The molecule has 0 aromatic rings. The van der Waals surface area contributed by atoms with E-state index in [2.05, 4.69) is 33.4 Å². The van der Waals surface area contributed by atoms with Crippen LogP contribution in [0.25, 0.3) is 0 Å². The molecule has 0 unspecified atom stereocenters. The molecule has 0 aliphatic rings. The monoisotopic (exact) mass is 177 g/mol. The molecular weight excluding hydrogens is 153 g/mol. The third-order valence-electron chi connectivity index (χ3n) is 3.26. The lowest BCUT2D eigenvalue weighted by molar-refractivity contribution is -0.495. The summed E-state index contributed by atoms with van der Waals surface area (Å²) in [6.07, 6.45) is 5.00. The highest BCUT2D eigenvalue weighted by atomic mass is 19.0. The Kier molecular flexibility index (Phi) is 7.70. The van der Waals surface area contributed by atoms with Crippen LogP contribution < -0.4 is 10.4 Å². The predicted octanol–water partition coefficient (Wildman–Crippen LogP) is -0.773. The highest BCUT2D eigenvalue weighted by Gasteiger charge is 2.32. The second-order valence-electron chi connectivity index (χ2n) is 3.58. The molecule has 2 heteroatoms. The molecular formula is C10H24FN. The molecule has 0 aliphatic carbocycles. The van der Waals surface area contributed by atoms with Crippen molar-refractivity contribution in [2.45, 2.75) is 58.9 Å². The van der Waals surface area contributed by atoms with Crippen molar-refractivity contribution >= 4 is 0 Å². The molecule has 0 aliphatic heterocycles. The van der Waals surface area contributed by atoms with Gasteiger partial charge in [-0.3, -0.25) is 0 Å². The Morgan fingerprint density at radius 2 is 1.33 bits per heavy atom. The topological polar surface area (TPSA) is 27.6 Å². The Hall–Kier alpha value is -0.110. The van der Waals surface area contributed by atoms with Gasteiger partial charge in [0.25, 0.3) is 0 Å². The van der Waals surface area contributed by atoms with Crippen molar-refractivity contribution in [2.75, 3.05) is 0 Å². The van der Waals surface area contributed by atoms with Crippen molar-refractivity contribution in [1.29, 1.82) is 0 Å². The van der Waals surface area contributed by atoms with Gasteiger partial charge in [0.05, 0.1) is 5.54 Å². The van der Waals surface area contributed by atoms with Crippen LogP contribution in [0, 0.1) is 5.92 Å². The zero-order chi connectivity index (χ0) is 8.91. The van der Waals surface area contributed by atoms with Gasteiger partial charge < -0.3 is 10.4 Å². The number of hydrogen-bond donors (Lipinski definition) is 1. The summed E-state index contributed by atoms with van der Waals surface area (Å²) in [5.74, 6) is 0.817. The Balaban J connectivity index is 0. The summed E-state index contributed by atoms with van der Waals surface area (Å²) in [5.41, 5.74) is 4.70. The third kappa shape index (κ3) is 3.10. The molecule has 0 atom stereocenters. The minimum Gasteiger partial charge on any atom is -1.00 e. The molecule has 0 aromatic heterocycles. The van der Waals surface area contributed by atoms with Crippen LogP contribution in [0.1, 0.15) is 53.4 Å². The quantitative estimate of drug-likeness (QED) is 0.571. The summed E-state index contributed by atoms with van der Waals surface area (Å²) >= 11 is 0. The van der Waals surface area contributed by atoms with E-state index in [1.54, 1.807) is 0 Å². The zero-order valence-corrected chi connectivity index (χ0v) is 8.99. The highest BCUT2D eigenvalue weighted by molar-refractivity contribution is 4.80. The normalized spacial score (nSPS) is 11.5. The fourth-order valence-electron chi connectivity index (χ4n) is 1.98. The zero-order valence-electron chi connectivity index (χ0n) is 8.99. The van der Waals surface area contributed by atoms with Gasteiger partial charge in [-0.1, -0.05) is 27.7 Å². The van der Waals surface area contributed by atoms with Gasteiger partial charge in [-0.05, 0) is 25.7 Å². The van der Waals surface area contributed by atoms with E-state index in [0.29, 0.717) is 5.54 Å². The fourth-order valence-corrected chi connectivity index (χ4v) is 1.98. The standard InChI is InChI=1S/C10H23N.FH/c1-5-9(6-2)10(11,7-3)8-4;/h9H,5-8,11H2,1-4H3;1H. The van der Waals surface area contributed by atoms with Gasteiger partial charge in [-0.25, -0.2) is 0 Å². The van der Waals surface area contributed by atoms with E-state index >= 15 is 0 Å². The first-order valence-electron chi connectivity index (χ1n) is 4.99. The molecule has 0 rings (SSSR count). The number of rotatable bonds is 5. The van der Waals surface area contributed by atoms with E-state index in [4.69, 9.17) is 0 Å². The van der Waals surface area contributed by atoms with Gasteiger partial charge in [0.15, 0.2) is 0 Å². The molecule has 1 nitrogen and oxygen atoms in total. The van der Waals surface area contributed by atoms with Gasteiger partial charge in [0, 0.05) is 5.92 Å². The smallest absolute Gasteiger partial charge is 0.0968 e. The minimum absolute atomic E-state index is 0. The molecule has 0 spiro atoms. The molecule has 0 saturated heterocycles. The van der Waals surface area contributed by atoms with Crippen LogP contribution in [0.2, 0.25) is 0 Å². The molecule has 0 bridgehead atoms. The lowest BCUT2D eigenvalue weighted by Gasteiger charge is -2.31. The molecule has 12 heavy (non-hydrogen) atoms. The average molecular weight is 177 g/mol. The van der Waals surface area contributed by atoms with Crippen LogP contribution in [0.3, 0.4) is 0 Å². The average Bonchev–Trinajstić information content (AvgIpc) is 2.06. The summed E-state index contributed by atoms with van der Waals surface area (Å²) in [7, 11) is 0. The number of halogens is 1. The summed E-state index contributed by atoms with van der Waals surface area (Å²) in [4.78, 5) is 0. The minimum atomic E-state index is 0. The summed E-state index contributed by atoms with van der Waals surface area (Å²) in [6, 6.07) is 0. The van der Waals surface area contributed by atoms with Crippen LogP contribution in [0.5, 0.6) is 0 Å². The molecule has 76 valence electrons. The summed E-state index contributed by atoms with van der Waals surface area (Å²) in [6.45, 7) is 9.07. The first-order valence-corrected chi connectivity index (χ1v) is 4.99. The van der Waals surface area contributed by atoms with Crippen LogP contribution >= 0.6 is 0 Å². The fraction of sp³-hybridized carbons (Fsp3) is 1.00. The van der Waals surface area contributed by atoms with Crippen molar-refractivity contribution in [3.05, 3.63) is 0 Å². The van der Waals surface area contributed by atoms with Gasteiger partial charge >= 0.3 is 0 Å². The Morgan fingerprint density at radius 1 is 1.00 bits per heavy atom. The Morgan fingerprint density at radius 3 is 1.42 bits per heavy atom. The van der Waals surface area contributed by atoms with E-state index in [0.717, 1.165) is 5.92 Å². The molecule has 0 radical (unpaired) electrons. The van der Waals surface area contributed by atoms with Crippen molar-refractivity contribution in [3.63, 3.8) is 0 Å². The van der Waals surface area contributed by atoms with Crippen LogP contribution in [0.15, 0.2) is 0 Å². The second kappa shape index (κ2) is 6.41. The predicted molar refractivity (Wildman–Crippen MR) is 50.3 cm³/mol. The molecule has 0 amide bonds. The van der Waals surface area contributed by atoms with Crippen molar-refractivity contribution in [3.8, 4) is 0 Å². The van der Waals surface area contributed by atoms with E-state index < -0.39 is 0 Å². The number of quaternary nitrogens is 1. The maximum atomic E-state index is 4.35. The molecule has 3 N–H and O–H groups in total. The molecule has 0 heterocycles. The second-order valence-corrected chi connectivity index (χ2v) is 3.58. The van der Waals surface area contributed by atoms with Gasteiger partial charge in [-0.15, -0.1) is 0 Å². The van der Waals surface area contributed by atoms with Gasteiger partial charge in [0.2, 0.25) is 0 Å². The Labute approximate surface area is 76.1 Å². The molecule has 0 fully saturated rings. The van der Waals surface area contributed by atoms with Crippen molar-refractivity contribution in [1.82, 2.24) is 0 Å². The maximum Gasteiger partial charge on any atom is 0.0968 e. The van der Waals surface area contributed by atoms with E-state index in [1.807, 2.05) is 0 Å². The van der Waals surface area contributed by atoms with E-state index in [1.165, 1.54) is 25.7 Å². The highest BCUT2D eigenvalue weighted by Crippen LogP contribution is 2.25. The van der Waals surface area contributed by atoms with Crippen LogP contribution in [-0.2, 0) is 0 Å². The lowest BCUT2D eigenvalue weighted by atomic mass is 9.77. The van der Waals surface area contributed by atoms with Crippen LogP contribution in [-0.4, -0.2) is 5.54 Å².